The number of H-pyrrole nitrogens is 1. The van der Waals surface area contributed by atoms with E-state index in [-0.39, 0.29) is 24.3 Å². The number of nitrogens with zero attached hydrogens (tertiary/aromatic N) is 1. The van der Waals surface area contributed by atoms with Gasteiger partial charge in [-0.1, -0.05) is 26.0 Å². The summed E-state index contributed by atoms with van der Waals surface area (Å²) < 4.78 is 13.3. The summed E-state index contributed by atoms with van der Waals surface area (Å²) in [6.07, 6.45) is 0. The van der Waals surface area contributed by atoms with Gasteiger partial charge in [0.05, 0.1) is 12.3 Å². The first-order valence-corrected chi connectivity index (χ1v) is 6.46. The molecule has 0 aliphatic heterocycles. The first-order chi connectivity index (χ1) is 9.02. The molecule has 0 fully saturated rings. The number of aliphatic hydroxyl groups is 1. The fourth-order valence-corrected chi connectivity index (χ4v) is 2.19. The van der Waals surface area contributed by atoms with Crippen molar-refractivity contribution in [3.8, 4) is 11.3 Å². The number of benzene rings is 1. The van der Waals surface area contributed by atoms with Gasteiger partial charge >= 0.3 is 0 Å². The Morgan fingerprint density at radius 2 is 2.11 bits per heavy atom. The van der Waals surface area contributed by atoms with E-state index in [1.165, 1.54) is 12.1 Å². The number of aryl methyl sites for hydroxylation is 1. The minimum absolute atomic E-state index is 0.0268. The minimum Gasteiger partial charge on any atom is -0.396 e. The Bertz CT molecular complexity index is 563. The molecule has 1 unspecified atom stereocenters. The van der Waals surface area contributed by atoms with Gasteiger partial charge in [0, 0.05) is 17.2 Å². The van der Waals surface area contributed by atoms with E-state index in [4.69, 9.17) is 0 Å². The third-order valence-electron chi connectivity index (χ3n) is 3.35. The summed E-state index contributed by atoms with van der Waals surface area (Å²) >= 11 is 0. The van der Waals surface area contributed by atoms with Crippen molar-refractivity contribution < 1.29 is 9.50 Å². The normalized spacial score (nSPS) is 12.9. The Balaban J connectivity index is 2.41. The number of imidazole rings is 1. The van der Waals surface area contributed by atoms with Crippen LogP contribution in [0.2, 0.25) is 0 Å². The van der Waals surface area contributed by atoms with Crippen LogP contribution in [0, 0.1) is 18.7 Å². The van der Waals surface area contributed by atoms with Crippen LogP contribution in [0.25, 0.3) is 11.3 Å². The largest absolute Gasteiger partial charge is 0.396 e. The van der Waals surface area contributed by atoms with Crippen LogP contribution in [-0.4, -0.2) is 21.7 Å². The van der Waals surface area contributed by atoms with Crippen LogP contribution in [0.5, 0.6) is 0 Å². The van der Waals surface area contributed by atoms with Crippen LogP contribution in [0.15, 0.2) is 24.3 Å². The average Bonchev–Trinajstić information content (AvgIpc) is 2.71. The molecule has 19 heavy (non-hydrogen) atoms. The molecule has 2 rings (SSSR count). The molecule has 0 spiro atoms. The second kappa shape index (κ2) is 5.53. The topological polar surface area (TPSA) is 48.9 Å². The van der Waals surface area contributed by atoms with Crippen LogP contribution in [0.1, 0.15) is 31.3 Å². The molecule has 0 bridgehead atoms. The van der Waals surface area contributed by atoms with Gasteiger partial charge in [-0.3, -0.25) is 0 Å². The molecule has 3 nitrogen and oxygen atoms in total. The van der Waals surface area contributed by atoms with Gasteiger partial charge in [0.1, 0.15) is 11.6 Å². The summed E-state index contributed by atoms with van der Waals surface area (Å²) in [6.45, 7) is 6.04. The van der Waals surface area contributed by atoms with Gasteiger partial charge in [0.2, 0.25) is 0 Å². The first-order valence-electron chi connectivity index (χ1n) is 6.46. The molecule has 0 saturated heterocycles. The van der Waals surface area contributed by atoms with Gasteiger partial charge in [-0.2, -0.15) is 0 Å². The smallest absolute Gasteiger partial charge is 0.123 e. The van der Waals surface area contributed by atoms with Crippen molar-refractivity contribution in [2.45, 2.75) is 26.7 Å². The highest BCUT2D eigenvalue weighted by molar-refractivity contribution is 5.61. The van der Waals surface area contributed by atoms with Gasteiger partial charge < -0.3 is 10.1 Å². The molecule has 1 aromatic heterocycles. The van der Waals surface area contributed by atoms with Crippen LogP contribution in [-0.2, 0) is 0 Å². The monoisotopic (exact) mass is 262 g/mol. The SMILES string of the molecule is Cc1[nH]c(C(CO)C(C)C)nc1-c1cccc(F)c1. The van der Waals surface area contributed by atoms with E-state index in [0.29, 0.717) is 0 Å². The third-order valence-corrected chi connectivity index (χ3v) is 3.35. The maximum atomic E-state index is 13.3. The summed E-state index contributed by atoms with van der Waals surface area (Å²) in [5.41, 5.74) is 2.38. The van der Waals surface area contributed by atoms with Crippen molar-refractivity contribution in [3.63, 3.8) is 0 Å². The lowest BCUT2D eigenvalue weighted by molar-refractivity contribution is 0.232. The minimum atomic E-state index is -0.274. The molecule has 0 aliphatic rings. The summed E-state index contributed by atoms with van der Waals surface area (Å²) in [6, 6.07) is 6.39. The van der Waals surface area contributed by atoms with E-state index >= 15 is 0 Å². The molecule has 2 N–H and O–H groups in total. The summed E-state index contributed by atoms with van der Waals surface area (Å²) in [7, 11) is 0. The van der Waals surface area contributed by atoms with Crippen molar-refractivity contribution in [3.05, 3.63) is 41.6 Å². The van der Waals surface area contributed by atoms with Crippen LogP contribution >= 0.6 is 0 Å². The fraction of sp³-hybridized carbons (Fsp3) is 0.400. The van der Waals surface area contributed by atoms with E-state index in [0.717, 1.165) is 22.8 Å². The number of aromatic amines is 1. The summed E-state index contributed by atoms with van der Waals surface area (Å²) in [5, 5.41) is 9.44. The van der Waals surface area contributed by atoms with Crippen molar-refractivity contribution in [1.29, 1.82) is 0 Å². The van der Waals surface area contributed by atoms with E-state index in [2.05, 4.69) is 9.97 Å². The maximum absolute atomic E-state index is 13.3. The van der Waals surface area contributed by atoms with E-state index in [9.17, 15) is 9.50 Å². The van der Waals surface area contributed by atoms with Gasteiger partial charge in [0.25, 0.3) is 0 Å². The highest BCUT2D eigenvalue weighted by Gasteiger charge is 2.20. The van der Waals surface area contributed by atoms with Gasteiger partial charge in [0.15, 0.2) is 0 Å². The van der Waals surface area contributed by atoms with E-state index in [1.807, 2.05) is 26.8 Å². The fourth-order valence-electron chi connectivity index (χ4n) is 2.19. The Kier molecular flexibility index (Phi) is 4.00. The highest BCUT2D eigenvalue weighted by atomic mass is 19.1. The van der Waals surface area contributed by atoms with Crippen LogP contribution in [0.3, 0.4) is 0 Å². The number of hydrogen-bond donors (Lipinski definition) is 2. The molecule has 1 atom stereocenters. The number of halogens is 1. The van der Waals surface area contributed by atoms with E-state index < -0.39 is 0 Å². The van der Waals surface area contributed by atoms with Crippen LogP contribution < -0.4 is 0 Å². The second-order valence-electron chi connectivity index (χ2n) is 5.14. The molecule has 1 heterocycles. The number of aromatic nitrogens is 2. The van der Waals surface area contributed by atoms with Gasteiger partial charge in [-0.25, -0.2) is 9.37 Å². The standard InChI is InChI=1S/C15H19FN2O/c1-9(2)13(8-19)15-17-10(3)14(18-15)11-5-4-6-12(16)7-11/h4-7,9,13,19H,8H2,1-3H3,(H,17,18). The molecule has 0 saturated carbocycles. The van der Waals surface area contributed by atoms with Crippen molar-refractivity contribution in [1.82, 2.24) is 9.97 Å². The highest BCUT2D eigenvalue weighted by Crippen LogP contribution is 2.27. The zero-order valence-electron chi connectivity index (χ0n) is 11.4. The Morgan fingerprint density at radius 3 is 2.68 bits per heavy atom. The Hall–Kier alpha value is -1.68. The van der Waals surface area contributed by atoms with Crippen molar-refractivity contribution >= 4 is 0 Å². The number of nitrogens with one attached hydrogen (secondary N) is 1. The molecule has 4 heteroatoms. The maximum Gasteiger partial charge on any atom is 0.123 e. The van der Waals surface area contributed by atoms with Crippen molar-refractivity contribution in [2.24, 2.45) is 5.92 Å². The number of aliphatic hydroxyl groups excluding tert-OH is 1. The number of rotatable bonds is 4. The molecule has 0 radical (unpaired) electrons. The zero-order valence-corrected chi connectivity index (χ0v) is 11.4. The van der Waals surface area contributed by atoms with Gasteiger partial charge in [-0.15, -0.1) is 0 Å². The third kappa shape index (κ3) is 2.84. The first kappa shape index (κ1) is 13.7. The molecule has 102 valence electrons. The summed E-state index contributed by atoms with van der Waals surface area (Å²) in [5.74, 6) is 0.746. The Labute approximate surface area is 112 Å². The molecule has 1 aromatic carbocycles. The van der Waals surface area contributed by atoms with Crippen molar-refractivity contribution in [2.75, 3.05) is 6.61 Å². The van der Waals surface area contributed by atoms with E-state index in [1.54, 1.807) is 6.07 Å². The lowest BCUT2D eigenvalue weighted by atomic mass is 9.96. The molecule has 0 aliphatic carbocycles. The van der Waals surface area contributed by atoms with Crippen LogP contribution in [0.4, 0.5) is 4.39 Å². The predicted molar refractivity (Wildman–Crippen MR) is 73.4 cm³/mol. The molecule has 2 aromatic rings. The lowest BCUT2D eigenvalue weighted by Gasteiger charge is -2.15. The second-order valence-corrected chi connectivity index (χ2v) is 5.14. The lowest BCUT2D eigenvalue weighted by Crippen LogP contribution is -2.12. The predicted octanol–water partition coefficient (Wildman–Crippen LogP) is 3.26. The quantitative estimate of drug-likeness (QED) is 0.888. The molecular formula is C15H19FN2O. The Morgan fingerprint density at radius 1 is 1.37 bits per heavy atom. The zero-order chi connectivity index (χ0) is 14.0. The van der Waals surface area contributed by atoms with Gasteiger partial charge in [-0.05, 0) is 25.0 Å². The molecule has 0 amide bonds. The average molecular weight is 262 g/mol. The molecular weight excluding hydrogens is 243 g/mol. The number of hydrogen-bond acceptors (Lipinski definition) is 2. The summed E-state index contributed by atoms with van der Waals surface area (Å²) in [4.78, 5) is 7.73.